The molecule has 1 atom stereocenters. The highest BCUT2D eigenvalue weighted by Crippen LogP contribution is 2.16. The molecule has 3 aromatic heterocycles. The topological polar surface area (TPSA) is 59.3 Å². The summed E-state index contributed by atoms with van der Waals surface area (Å²) >= 11 is 1.58. The minimum atomic E-state index is -0.105. The van der Waals surface area contributed by atoms with Crippen LogP contribution in [0.15, 0.2) is 42.3 Å². The number of rotatable bonds is 4. The molecule has 0 bridgehead atoms. The molecule has 5 nitrogen and oxygen atoms in total. The second-order valence-corrected chi connectivity index (χ2v) is 5.46. The van der Waals surface area contributed by atoms with E-state index in [1.807, 2.05) is 41.2 Å². The van der Waals surface area contributed by atoms with Gasteiger partial charge in [0.15, 0.2) is 4.96 Å². The second kappa shape index (κ2) is 5.42. The monoisotopic (exact) mass is 286 g/mol. The van der Waals surface area contributed by atoms with Crippen molar-refractivity contribution in [2.75, 3.05) is 0 Å². The Kier molecular flexibility index (Phi) is 3.47. The Balaban J connectivity index is 1.65. The van der Waals surface area contributed by atoms with Gasteiger partial charge in [0.2, 0.25) is 5.91 Å². The molecule has 0 radical (unpaired) electrons. The number of hydrogen-bond acceptors (Lipinski definition) is 4. The molecular weight excluding hydrogens is 272 g/mol. The van der Waals surface area contributed by atoms with Crippen molar-refractivity contribution in [1.82, 2.24) is 19.7 Å². The highest BCUT2D eigenvalue weighted by molar-refractivity contribution is 7.15. The van der Waals surface area contributed by atoms with Crippen LogP contribution in [0.5, 0.6) is 0 Å². The van der Waals surface area contributed by atoms with Crippen LogP contribution in [-0.4, -0.2) is 20.3 Å². The molecule has 6 heteroatoms. The first-order valence-electron chi connectivity index (χ1n) is 6.33. The van der Waals surface area contributed by atoms with Crippen molar-refractivity contribution in [2.45, 2.75) is 19.4 Å². The lowest BCUT2D eigenvalue weighted by atomic mass is 10.2. The Morgan fingerprint density at radius 3 is 3.20 bits per heavy atom. The van der Waals surface area contributed by atoms with E-state index in [1.54, 1.807) is 23.7 Å². The number of fused-ring (bicyclic) bond motifs is 1. The van der Waals surface area contributed by atoms with Crippen LogP contribution in [0.4, 0.5) is 0 Å². The molecule has 0 saturated carbocycles. The van der Waals surface area contributed by atoms with E-state index < -0.39 is 0 Å². The van der Waals surface area contributed by atoms with Gasteiger partial charge in [-0.25, -0.2) is 4.98 Å². The number of imidazole rings is 1. The first kappa shape index (κ1) is 12.8. The smallest absolute Gasteiger partial charge is 0.225 e. The van der Waals surface area contributed by atoms with Crippen LogP contribution in [-0.2, 0) is 11.2 Å². The number of carbonyl (C=O) groups is 1. The van der Waals surface area contributed by atoms with Crippen molar-refractivity contribution >= 4 is 22.2 Å². The van der Waals surface area contributed by atoms with E-state index in [0.29, 0.717) is 6.42 Å². The Bertz CT molecular complexity index is 690. The Morgan fingerprint density at radius 2 is 2.45 bits per heavy atom. The van der Waals surface area contributed by atoms with Crippen molar-refractivity contribution < 1.29 is 4.79 Å². The summed E-state index contributed by atoms with van der Waals surface area (Å²) in [5.74, 6) is -0.0261. The summed E-state index contributed by atoms with van der Waals surface area (Å²) in [6.45, 7) is 1.94. The van der Waals surface area contributed by atoms with Crippen LogP contribution >= 0.6 is 11.3 Å². The van der Waals surface area contributed by atoms with Crippen LogP contribution in [0.25, 0.3) is 4.96 Å². The van der Waals surface area contributed by atoms with Gasteiger partial charge in [0.05, 0.1) is 18.2 Å². The molecule has 1 N–H and O–H groups in total. The van der Waals surface area contributed by atoms with Crippen LogP contribution in [0.3, 0.4) is 0 Å². The molecule has 0 aromatic carbocycles. The van der Waals surface area contributed by atoms with Crippen molar-refractivity contribution in [3.05, 3.63) is 53.6 Å². The molecule has 1 amide bonds. The number of carbonyl (C=O) groups excluding carboxylic acids is 1. The average Bonchev–Trinajstić information content (AvgIpc) is 3.00. The first-order valence-corrected chi connectivity index (χ1v) is 7.21. The van der Waals surface area contributed by atoms with Gasteiger partial charge < -0.3 is 5.32 Å². The number of nitrogens with zero attached hydrogens (tertiary/aromatic N) is 3. The van der Waals surface area contributed by atoms with E-state index in [1.165, 1.54) is 0 Å². The number of amides is 1. The number of pyridine rings is 1. The molecule has 3 rings (SSSR count). The van der Waals surface area contributed by atoms with Gasteiger partial charge in [0.25, 0.3) is 0 Å². The van der Waals surface area contributed by atoms with Crippen molar-refractivity contribution in [3.63, 3.8) is 0 Å². The SMILES string of the molecule is C[C@@H](NC(=O)Cc1cccnc1)c1cn2ccsc2n1. The highest BCUT2D eigenvalue weighted by Gasteiger charge is 2.13. The van der Waals surface area contributed by atoms with E-state index in [4.69, 9.17) is 0 Å². The lowest BCUT2D eigenvalue weighted by molar-refractivity contribution is -0.121. The summed E-state index contributed by atoms with van der Waals surface area (Å²) in [4.78, 5) is 21.4. The largest absolute Gasteiger partial charge is 0.348 e. The van der Waals surface area contributed by atoms with Crippen molar-refractivity contribution in [1.29, 1.82) is 0 Å². The molecule has 20 heavy (non-hydrogen) atoms. The normalized spacial score (nSPS) is 12.4. The van der Waals surface area contributed by atoms with Crippen LogP contribution in [0.1, 0.15) is 24.2 Å². The fraction of sp³-hybridized carbons (Fsp3) is 0.214. The summed E-state index contributed by atoms with van der Waals surface area (Å²) in [6, 6.07) is 3.62. The molecule has 0 aliphatic heterocycles. The summed E-state index contributed by atoms with van der Waals surface area (Å²) in [7, 11) is 0. The Hall–Kier alpha value is -2.21. The summed E-state index contributed by atoms with van der Waals surface area (Å²) < 4.78 is 1.96. The Labute approximate surface area is 120 Å². The second-order valence-electron chi connectivity index (χ2n) is 4.59. The van der Waals surface area contributed by atoms with Gasteiger partial charge >= 0.3 is 0 Å². The highest BCUT2D eigenvalue weighted by atomic mass is 32.1. The maximum atomic E-state index is 12.0. The van der Waals surface area contributed by atoms with Gasteiger partial charge in [-0.1, -0.05) is 6.07 Å². The van der Waals surface area contributed by atoms with E-state index in [-0.39, 0.29) is 11.9 Å². The average molecular weight is 286 g/mol. The predicted molar refractivity (Wildman–Crippen MR) is 77.6 cm³/mol. The van der Waals surface area contributed by atoms with Gasteiger partial charge in [-0.2, -0.15) is 0 Å². The molecule has 3 heterocycles. The molecule has 3 aromatic rings. The number of nitrogens with one attached hydrogen (secondary N) is 1. The van der Waals surface area contributed by atoms with E-state index >= 15 is 0 Å². The molecular formula is C14H14N4OS. The standard InChI is InChI=1S/C14H14N4OS/c1-10(12-9-18-5-6-20-14(18)17-12)16-13(19)7-11-3-2-4-15-8-11/h2-6,8-10H,7H2,1H3,(H,16,19)/t10-/m1/s1. The van der Waals surface area contributed by atoms with Crippen LogP contribution in [0.2, 0.25) is 0 Å². The summed E-state index contributed by atoms with van der Waals surface area (Å²) in [6.07, 6.45) is 7.64. The molecule has 0 unspecified atom stereocenters. The van der Waals surface area contributed by atoms with E-state index in [9.17, 15) is 4.79 Å². The predicted octanol–water partition coefficient (Wildman–Crippen LogP) is 2.21. The van der Waals surface area contributed by atoms with Crippen molar-refractivity contribution in [2.24, 2.45) is 0 Å². The van der Waals surface area contributed by atoms with Crippen molar-refractivity contribution in [3.8, 4) is 0 Å². The molecule has 0 spiro atoms. The quantitative estimate of drug-likeness (QED) is 0.800. The lowest BCUT2D eigenvalue weighted by Gasteiger charge is -2.11. The van der Waals surface area contributed by atoms with Crippen LogP contribution < -0.4 is 5.32 Å². The van der Waals surface area contributed by atoms with Gasteiger partial charge in [-0.3, -0.25) is 14.2 Å². The molecule has 0 aliphatic carbocycles. The number of hydrogen-bond donors (Lipinski definition) is 1. The summed E-state index contributed by atoms with van der Waals surface area (Å²) in [5, 5.41) is 4.94. The zero-order valence-corrected chi connectivity index (χ0v) is 11.8. The van der Waals surface area contributed by atoms with Gasteiger partial charge in [-0.15, -0.1) is 11.3 Å². The fourth-order valence-electron chi connectivity index (χ4n) is 2.01. The molecule has 0 fully saturated rings. The minimum absolute atomic E-state index is 0.0261. The van der Waals surface area contributed by atoms with Gasteiger partial charge in [0.1, 0.15) is 0 Å². The summed E-state index contributed by atoms with van der Waals surface area (Å²) in [5.41, 5.74) is 1.78. The molecule has 0 saturated heterocycles. The minimum Gasteiger partial charge on any atom is -0.348 e. The fourth-order valence-corrected chi connectivity index (χ4v) is 2.72. The van der Waals surface area contributed by atoms with E-state index in [0.717, 1.165) is 16.2 Å². The van der Waals surface area contributed by atoms with E-state index in [2.05, 4.69) is 15.3 Å². The maximum Gasteiger partial charge on any atom is 0.225 e. The molecule has 102 valence electrons. The zero-order chi connectivity index (χ0) is 13.9. The first-order chi connectivity index (χ1) is 9.72. The maximum absolute atomic E-state index is 12.0. The third kappa shape index (κ3) is 2.70. The number of thiazole rings is 1. The van der Waals surface area contributed by atoms with Gasteiger partial charge in [-0.05, 0) is 18.6 Å². The zero-order valence-electron chi connectivity index (χ0n) is 11.0. The van der Waals surface area contributed by atoms with Crippen LogP contribution in [0, 0.1) is 0 Å². The third-order valence-corrected chi connectivity index (χ3v) is 3.79. The lowest BCUT2D eigenvalue weighted by Crippen LogP contribution is -2.28. The third-order valence-electron chi connectivity index (χ3n) is 3.02. The number of aromatic nitrogens is 3. The Morgan fingerprint density at radius 1 is 1.55 bits per heavy atom. The van der Waals surface area contributed by atoms with Gasteiger partial charge in [0, 0.05) is 30.2 Å². The molecule has 0 aliphatic rings.